The number of nitrogens with zero attached hydrogens (tertiary/aromatic N) is 2. The number of nitrogens with one attached hydrogen (secondary N) is 1. The highest BCUT2D eigenvalue weighted by atomic mass is 19.4. The molecule has 0 aliphatic rings. The van der Waals surface area contributed by atoms with Crippen LogP contribution in [0.5, 0.6) is 0 Å². The summed E-state index contributed by atoms with van der Waals surface area (Å²) in [6.45, 7) is 1.25. The first kappa shape index (κ1) is 15.2. The molecule has 0 aromatic carbocycles. The van der Waals surface area contributed by atoms with Gasteiger partial charge in [-0.05, 0) is 24.6 Å². The molecule has 0 amide bonds. The predicted octanol–water partition coefficient (Wildman–Crippen LogP) is 1.66. The number of amidine groups is 1. The summed E-state index contributed by atoms with van der Waals surface area (Å²) in [6.07, 6.45) is -1.46. The van der Waals surface area contributed by atoms with Crippen LogP contribution in [0.1, 0.15) is 18.5 Å². The van der Waals surface area contributed by atoms with Crippen molar-refractivity contribution in [2.24, 2.45) is 16.8 Å². The average Bonchev–Trinajstić information content (AvgIpc) is 2.37. The molecule has 0 saturated heterocycles. The van der Waals surface area contributed by atoms with Gasteiger partial charge in [-0.25, -0.2) is 0 Å². The molecule has 1 rings (SSSR count). The van der Waals surface area contributed by atoms with Crippen LogP contribution in [0.25, 0.3) is 0 Å². The van der Waals surface area contributed by atoms with Gasteiger partial charge in [0.25, 0.3) is 0 Å². The average molecular weight is 276 g/mol. The van der Waals surface area contributed by atoms with E-state index in [1.165, 1.54) is 0 Å². The van der Waals surface area contributed by atoms with Crippen molar-refractivity contribution in [1.29, 1.82) is 0 Å². The number of oxime groups is 1. The third-order valence-corrected chi connectivity index (χ3v) is 2.70. The van der Waals surface area contributed by atoms with Gasteiger partial charge in [0.2, 0.25) is 0 Å². The van der Waals surface area contributed by atoms with Crippen LogP contribution in [0, 0.1) is 5.92 Å². The first-order valence-electron chi connectivity index (χ1n) is 5.53. The van der Waals surface area contributed by atoms with E-state index in [-0.39, 0.29) is 6.04 Å². The third kappa shape index (κ3) is 4.40. The van der Waals surface area contributed by atoms with E-state index in [0.717, 1.165) is 5.56 Å². The predicted molar refractivity (Wildman–Crippen MR) is 63.6 cm³/mol. The Morgan fingerprint density at radius 1 is 1.47 bits per heavy atom. The van der Waals surface area contributed by atoms with Gasteiger partial charge in [-0.2, -0.15) is 13.2 Å². The Hall–Kier alpha value is -1.83. The summed E-state index contributed by atoms with van der Waals surface area (Å²) < 4.78 is 38.1. The molecule has 5 nitrogen and oxygen atoms in total. The zero-order chi connectivity index (χ0) is 14.5. The molecule has 4 N–H and O–H groups in total. The van der Waals surface area contributed by atoms with E-state index >= 15 is 0 Å². The molecular weight excluding hydrogens is 261 g/mol. The number of alkyl halides is 3. The number of nitrogens with two attached hydrogens (primary N) is 1. The minimum absolute atomic E-state index is 0.306. The van der Waals surface area contributed by atoms with E-state index in [2.05, 4.69) is 15.5 Å². The SMILES string of the molecule is C[C@H](NCC(/C(N)=N/O)C(F)(F)F)c1ccncc1. The quantitative estimate of drug-likeness (QED) is 0.330. The van der Waals surface area contributed by atoms with Crippen molar-refractivity contribution in [3.63, 3.8) is 0 Å². The molecule has 1 aromatic rings. The zero-order valence-electron chi connectivity index (χ0n) is 10.2. The Morgan fingerprint density at radius 3 is 2.53 bits per heavy atom. The van der Waals surface area contributed by atoms with Crippen LogP contribution < -0.4 is 11.1 Å². The van der Waals surface area contributed by atoms with E-state index in [4.69, 9.17) is 10.9 Å². The van der Waals surface area contributed by atoms with E-state index < -0.39 is 24.5 Å². The van der Waals surface area contributed by atoms with Crippen molar-refractivity contribution in [3.05, 3.63) is 30.1 Å². The van der Waals surface area contributed by atoms with Gasteiger partial charge in [0.1, 0.15) is 5.92 Å². The number of pyridine rings is 1. The normalized spacial score (nSPS) is 16.1. The molecule has 0 aliphatic carbocycles. The lowest BCUT2D eigenvalue weighted by Crippen LogP contribution is -2.43. The molecule has 2 atom stereocenters. The van der Waals surface area contributed by atoms with E-state index in [1.54, 1.807) is 31.5 Å². The van der Waals surface area contributed by atoms with Crippen molar-refractivity contribution < 1.29 is 18.4 Å². The maximum atomic E-state index is 12.7. The van der Waals surface area contributed by atoms with E-state index in [0.29, 0.717) is 0 Å². The lowest BCUT2D eigenvalue weighted by molar-refractivity contribution is -0.155. The van der Waals surface area contributed by atoms with Crippen LogP contribution >= 0.6 is 0 Å². The van der Waals surface area contributed by atoms with E-state index in [9.17, 15) is 13.2 Å². The first-order valence-corrected chi connectivity index (χ1v) is 5.53. The Kier molecular flexibility index (Phi) is 5.11. The molecule has 106 valence electrons. The molecule has 8 heteroatoms. The number of aromatic nitrogens is 1. The molecule has 0 bridgehead atoms. The van der Waals surface area contributed by atoms with Crippen LogP contribution in [-0.4, -0.2) is 28.7 Å². The van der Waals surface area contributed by atoms with Gasteiger partial charge in [-0.3, -0.25) is 4.98 Å². The Bertz CT molecular complexity index is 422. The second-order valence-corrected chi connectivity index (χ2v) is 4.03. The van der Waals surface area contributed by atoms with Crippen molar-refractivity contribution in [2.75, 3.05) is 6.54 Å². The van der Waals surface area contributed by atoms with Crippen LogP contribution in [0.4, 0.5) is 13.2 Å². The summed E-state index contributed by atoms with van der Waals surface area (Å²) in [7, 11) is 0. The van der Waals surface area contributed by atoms with Crippen LogP contribution in [0.3, 0.4) is 0 Å². The number of hydrogen-bond acceptors (Lipinski definition) is 4. The van der Waals surface area contributed by atoms with Gasteiger partial charge < -0.3 is 16.3 Å². The number of rotatable bonds is 5. The number of halogens is 3. The molecule has 0 saturated carbocycles. The minimum atomic E-state index is -4.57. The maximum Gasteiger partial charge on any atom is 0.400 e. The van der Waals surface area contributed by atoms with E-state index in [1.807, 2.05) is 0 Å². The fourth-order valence-electron chi connectivity index (χ4n) is 1.52. The third-order valence-electron chi connectivity index (χ3n) is 2.70. The summed E-state index contributed by atoms with van der Waals surface area (Å²) in [6, 6.07) is 3.09. The van der Waals surface area contributed by atoms with Gasteiger partial charge in [0, 0.05) is 25.0 Å². The molecule has 0 fully saturated rings. The smallest absolute Gasteiger partial charge is 0.400 e. The van der Waals surface area contributed by atoms with Gasteiger partial charge in [-0.1, -0.05) is 5.16 Å². The molecule has 1 heterocycles. The summed E-state index contributed by atoms with van der Waals surface area (Å²) in [4.78, 5) is 3.82. The Balaban J connectivity index is 2.68. The van der Waals surface area contributed by atoms with Crippen LogP contribution in [0.2, 0.25) is 0 Å². The van der Waals surface area contributed by atoms with Gasteiger partial charge in [0.05, 0.1) is 0 Å². The highest BCUT2D eigenvalue weighted by Gasteiger charge is 2.42. The van der Waals surface area contributed by atoms with Crippen molar-refractivity contribution in [1.82, 2.24) is 10.3 Å². The summed E-state index contributed by atoms with van der Waals surface area (Å²) in [5.74, 6) is -2.89. The molecule has 0 radical (unpaired) electrons. The second-order valence-electron chi connectivity index (χ2n) is 4.03. The van der Waals surface area contributed by atoms with Gasteiger partial charge >= 0.3 is 6.18 Å². The second kappa shape index (κ2) is 6.37. The van der Waals surface area contributed by atoms with Crippen molar-refractivity contribution in [2.45, 2.75) is 19.1 Å². The van der Waals surface area contributed by atoms with Crippen LogP contribution in [0.15, 0.2) is 29.7 Å². The molecule has 1 unspecified atom stereocenters. The molecule has 0 spiro atoms. The highest BCUT2D eigenvalue weighted by Crippen LogP contribution is 2.26. The monoisotopic (exact) mass is 276 g/mol. The Labute approximate surface area is 108 Å². The summed E-state index contributed by atoms with van der Waals surface area (Å²) in [5.41, 5.74) is 5.86. The first-order chi connectivity index (χ1) is 8.86. The Morgan fingerprint density at radius 2 is 2.05 bits per heavy atom. The maximum absolute atomic E-state index is 12.7. The summed E-state index contributed by atoms with van der Waals surface area (Å²) >= 11 is 0. The van der Waals surface area contributed by atoms with Crippen molar-refractivity contribution in [3.8, 4) is 0 Å². The van der Waals surface area contributed by atoms with Crippen molar-refractivity contribution >= 4 is 5.84 Å². The molecule has 19 heavy (non-hydrogen) atoms. The zero-order valence-corrected chi connectivity index (χ0v) is 10.2. The van der Waals surface area contributed by atoms with Gasteiger partial charge in [0.15, 0.2) is 5.84 Å². The van der Waals surface area contributed by atoms with Crippen LogP contribution in [-0.2, 0) is 0 Å². The highest BCUT2D eigenvalue weighted by molar-refractivity contribution is 5.83. The summed E-state index contributed by atoms with van der Waals surface area (Å²) in [5, 5.41) is 13.5. The molecule has 0 aliphatic heterocycles. The topological polar surface area (TPSA) is 83.5 Å². The molecular formula is C11H15F3N4O. The lowest BCUT2D eigenvalue weighted by Gasteiger charge is -2.22. The minimum Gasteiger partial charge on any atom is -0.409 e. The largest absolute Gasteiger partial charge is 0.409 e. The molecule has 1 aromatic heterocycles. The fourth-order valence-corrected chi connectivity index (χ4v) is 1.52. The lowest BCUT2D eigenvalue weighted by atomic mass is 10.1. The van der Waals surface area contributed by atoms with Gasteiger partial charge in [-0.15, -0.1) is 0 Å². The number of hydrogen-bond donors (Lipinski definition) is 3. The standard InChI is InChI=1S/C11H15F3N4O/c1-7(8-2-4-16-5-3-8)17-6-9(10(15)18-19)11(12,13)14/h2-5,7,9,17,19H,6H2,1H3,(H2,15,18)/t7-,9?/m0/s1. The fraction of sp³-hybridized carbons (Fsp3) is 0.455.